The molecule has 0 heterocycles. The molecule has 1 aromatic carbocycles. The number of aliphatic carboxylic acids is 1. The van der Waals surface area contributed by atoms with Crippen LogP contribution < -0.4 is 0 Å². The number of carbonyl (C=O) groups is 2. The molecule has 0 bridgehead atoms. The van der Waals surface area contributed by atoms with E-state index >= 15 is 0 Å². The minimum atomic E-state index is -1.11. The van der Waals surface area contributed by atoms with Gasteiger partial charge in [-0.1, -0.05) is 23.8 Å². The highest BCUT2D eigenvalue weighted by atomic mass is 16.4. The number of benzene rings is 1. The Bertz CT molecular complexity index is 506. The van der Waals surface area contributed by atoms with Gasteiger partial charge in [0.1, 0.15) is 0 Å². The molecule has 0 aliphatic heterocycles. The summed E-state index contributed by atoms with van der Waals surface area (Å²) in [6, 6.07) is 6.24. The zero-order chi connectivity index (χ0) is 14.4. The highest BCUT2D eigenvalue weighted by Crippen LogP contribution is 2.11. The summed E-state index contributed by atoms with van der Waals surface area (Å²) in [5.41, 5.74) is 3.61. The van der Waals surface area contributed by atoms with Crippen molar-refractivity contribution in [1.82, 2.24) is 4.90 Å². The molecule has 1 amide bonds. The number of carboxylic acid groups (broad SMARTS) is 1. The molecule has 0 saturated heterocycles. The van der Waals surface area contributed by atoms with Crippen molar-refractivity contribution in [2.24, 2.45) is 0 Å². The van der Waals surface area contributed by atoms with Crippen LogP contribution in [0.1, 0.15) is 16.7 Å². The van der Waals surface area contributed by atoms with Crippen molar-refractivity contribution in [2.45, 2.75) is 20.3 Å². The molecule has 1 N–H and O–H groups in total. The largest absolute Gasteiger partial charge is 0.478 e. The monoisotopic (exact) mass is 261 g/mol. The molecule has 4 nitrogen and oxygen atoms in total. The maximum Gasteiger partial charge on any atom is 0.328 e. The lowest BCUT2D eigenvalue weighted by molar-refractivity contribution is -0.132. The second-order valence-corrected chi connectivity index (χ2v) is 4.61. The van der Waals surface area contributed by atoms with Crippen LogP contribution in [-0.4, -0.2) is 35.5 Å². The third-order valence-corrected chi connectivity index (χ3v) is 2.97. The number of carboxylic acids is 1. The normalized spacial score (nSPS) is 10.7. The van der Waals surface area contributed by atoms with Gasteiger partial charge in [0.15, 0.2) is 0 Å². The Balaban J connectivity index is 2.58. The summed E-state index contributed by atoms with van der Waals surface area (Å²) in [5, 5.41) is 8.46. The molecule has 4 heteroatoms. The van der Waals surface area contributed by atoms with Crippen LogP contribution in [0.5, 0.6) is 0 Å². The first-order valence-electron chi connectivity index (χ1n) is 6.12. The number of nitrogens with zero attached hydrogens (tertiary/aromatic N) is 1. The molecule has 0 fully saturated rings. The van der Waals surface area contributed by atoms with Gasteiger partial charge in [-0.15, -0.1) is 0 Å². The van der Waals surface area contributed by atoms with E-state index in [9.17, 15) is 9.59 Å². The summed E-state index contributed by atoms with van der Waals surface area (Å²) >= 11 is 0. The van der Waals surface area contributed by atoms with Crippen LogP contribution in [0.4, 0.5) is 0 Å². The fourth-order valence-corrected chi connectivity index (χ4v) is 1.74. The molecular weight excluding hydrogens is 242 g/mol. The Labute approximate surface area is 113 Å². The molecule has 19 heavy (non-hydrogen) atoms. The second-order valence-electron chi connectivity index (χ2n) is 4.61. The highest BCUT2D eigenvalue weighted by molar-refractivity contribution is 5.93. The molecule has 0 atom stereocenters. The molecule has 0 aliphatic carbocycles. The van der Waals surface area contributed by atoms with Gasteiger partial charge < -0.3 is 10.0 Å². The van der Waals surface area contributed by atoms with Gasteiger partial charge in [-0.2, -0.15) is 0 Å². The zero-order valence-electron chi connectivity index (χ0n) is 11.5. The molecule has 1 rings (SSSR count). The number of likely N-dealkylation sites (N-methyl/N-ethyl adjacent to an activating group) is 1. The van der Waals surface area contributed by atoms with Gasteiger partial charge in [0, 0.05) is 25.7 Å². The van der Waals surface area contributed by atoms with Crippen molar-refractivity contribution < 1.29 is 14.7 Å². The van der Waals surface area contributed by atoms with Crippen molar-refractivity contribution in [3.63, 3.8) is 0 Å². The minimum Gasteiger partial charge on any atom is -0.478 e. The summed E-state index contributed by atoms with van der Waals surface area (Å²) in [6.07, 6.45) is 2.69. The Morgan fingerprint density at radius 3 is 2.58 bits per heavy atom. The number of carbonyl (C=O) groups excluding carboxylic acids is 1. The van der Waals surface area contributed by atoms with Crippen LogP contribution in [0, 0.1) is 13.8 Å². The minimum absolute atomic E-state index is 0.298. The number of amides is 1. The van der Waals surface area contributed by atoms with Crippen LogP contribution in [0.3, 0.4) is 0 Å². The van der Waals surface area contributed by atoms with Crippen molar-refractivity contribution in [3.05, 3.63) is 47.0 Å². The Morgan fingerprint density at radius 2 is 1.95 bits per heavy atom. The topological polar surface area (TPSA) is 57.6 Å². The molecule has 0 spiro atoms. The van der Waals surface area contributed by atoms with Crippen LogP contribution in [0.25, 0.3) is 0 Å². The van der Waals surface area contributed by atoms with Gasteiger partial charge in [-0.05, 0) is 31.4 Å². The molecule has 0 aromatic heterocycles. The third kappa shape index (κ3) is 4.95. The zero-order valence-corrected chi connectivity index (χ0v) is 11.5. The van der Waals surface area contributed by atoms with E-state index in [-0.39, 0.29) is 5.91 Å². The van der Waals surface area contributed by atoms with E-state index < -0.39 is 5.97 Å². The van der Waals surface area contributed by atoms with Gasteiger partial charge >= 0.3 is 5.97 Å². The molecule has 0 unspecified atom stereocenters. The van der Waals surface area contributed by atoms with E-state index in [4.69, 9.17) is 5.11 Å². The highest BCUT2D eigenvalue weighted by Gasteiger charge is 2.07. The first kappa shape index (κ1) is 15.0. The van der Waals surface area contributed by atoms with Crippen molar-refractivity contribution in [2.75, 3.05) is 13.6 Å². The number of hydrogen-bond donors (Lipinski definition) is 1. The van der Waals surface area contributed by atoms with Gasteiger partial charge in [-0.3, -0.25) is 4.79 Å². The van der Waals surface area contributed by atoms with E-state index in [0.717, 1.165) is 18.6 Å². The SMILES string of the molecule is Cc1ccc(C)c(CCN(C)C(=O)/C=C/C(=O)O)c1. The van der Waals surface area contributed by atoms with Gasteiger partial charge in [0.05, 0.1) is 0 Å². The van der Waals surface area contributed by atoms with Crippen molar-refractivity contribution >= 4 is 11.9 Å². The smallest absolute Gasteiger partial charge is 0.328 e. The molecule has 102 valence electrons. The number of hydrogen-bond acceptors (Lipinski definition) is 2. The maximum absolute atomic E-state index is 11.6. The quantitative estimate of drug-likeness (QED) is 0.824. The standard InChI is InChI=1S/C15H19NO3/c1-11-4-5-12(2)13(10-11)8-9-16(3)14(17)6-7-15(18)19/h4-7,10H,8-9H2,1-3H3,(H,18,19)/b7-6+. The van der Waals surface area contributed by atoms with E-state index in [1.54, 1.807) is 7.05 Å². The van der Waals surface area contributed by atoms with Gasteiger partial charge in [0.2, 0.25) is 5.91 Å². The Kier molecular flexibility index (Phi) is 5.30. The number of aryl methyl sites for hydroxylation is 2. The van der Waals surface area contributed by atoms with Crippen molar-refractivity contribution in [3.8, 4) is 0 Å². The third-order valence-electron chi connectivity index (χ3n) is 2.97. The molecule has 0 saturated carbocycles. The molecule has 1 aromatic rings. The molecular formula is C15H19NO3. The van der Waals surface area contributed by atoms with E-state index in [1.807, 2.05) is 13.8 Å². The van der Waals surface area contributed by atoms with Crippen LogP contribution in [0.2, 0.25) is 0 Å². The Morgan fingerprint density at radius 1 is 1.26 bits per heavy atom. The Hall–Kier alpha value is -2.10. The predicted molar refractivity (Wildman–Crippen MR) is 74.0 cm³/mol. The van der Waals surface area contributed by atoms with Crippen LogP contribution >= 0.6 is 0 Å². The predicted octanol–water partition coefficient (Wildman–Crippen LogP) is 1.95. The van der Waals surface area contributed by atoms with E-state index in [0.29, 0.717) is 6.54 Å². The fraction of sp³-hybridized carbons (Fsp3) is 0.333. The van der Waals surface area contributed by atoms with E-state index in [2.05, 4.69) is 18.2 Å². The fourth-order valence-electron chi connectivity index (χ4n) is 1.74. The average molecular weight is 261 g/mol. The summed E-state index contributed by atoms with van der Waals surface area (Å²) in [4.78, 5) is 23.4. The molecule has 0 aliphatic rings. The first-order valence-corrected chi connectivity index (χ1v) is 6.12. The lowest BCUT2D eigenvalue weighted by Crippen LogP contribution is -2.27. The summed E-state index contributed by atoms with van der Waals surface area (Å²) in [7, 11) is 1.67. The van der Waals surface area contributed by atoms with Gasteiger partial charge in [-0.25, -0.2) is 4.79 Å². The first-order chi connectivity index (χ1) is 8.90. The maximum atomic E-state index is 11.6. The molecule has 0 radical (unpaired) electrons. The number of rotatable bonds is 5. The van der Waals surface area contributed by atoms with Crippen molar-refractivity contribution in [1.29, 1.82) is 0 Å². The lowest BCUT2D eigenvalue weighted by atomic mass is 10.0. The summed E-state index contributed by atoms with van der Waals surface area (Å²) in [5.74, 6) is -1.41. The van der Waals surface area contributed by atoms with Gasteiger partial charge in [0.25, 0.3) is 0 Å². The second kappa shape index (κ2) is 6.73. The average Bonchev–Trinajstić information content (AvgIpc) is 2.36. The van der Waals surface area contributed by atoms with E-state index in [1.165, 1.54) is 21.6 Å². The summed E-state index contributed by atoms with van der Waals surface area (Å²) < 4.78 is 0. The van der Waals surface area contributed by atoms with Crippen LogP contribution in [0.15, 0.2) is 30.4 Å². The lowest BCUT2D eigenvalue weighted by Gasteiger charge is -2.16. The summed E-state index contributed by atoms with van der Waals surface area (Å²) in [6.45, 7) is 4.64. The van der Waals surface area contributed by atoms with Crippen LogP contribution in [-0.2, 0) is 16.0 Å².